The molecule has 0 saturated heterocycles. The molecule has 0 unspecified atom stereocenters. The second-order valence-corrected chi connectivity index (χ2v) is 3.79. The number of carbonyl (C=O) groups is 1. The number of hydrogen-bond donors (Lipinski definition) is 2. The second-order valence-electron chi connectivity index (χ2n) is 3.79. The van der Waals surface area contributed by atoms with E-state index >= 15 is 0 Å². The number of nitrogens with zero attached hydrogens (tertiary/aromatic N) is 1. The third kappa shape index (κ3) is 2.99. The van der Waals surface area contributed by atoms with Gasteiger partial charge in [0.15, 0.2) is 11.5 Å². The van der Waals surface area contributed by atoms with E-state index < -0.39 is 22.6 Å². The molecule has 1 heterocycles. The van der Waals surface area contributed by atoms with Crippen molar-refractivity contribution in [3.63, 3.8) is 0 Å². The molecule has 6 nitrogen and oxygen atoms in total. The summed E-state index contributed by atoms with van der Waals surface area (Å²) in [7, 11) is 0. The molecule has 0 spiro atoms. The van der Waals surface area contributed by atoms with E-state index in [0.29, 0.717) is 0 Å². The number of aromatic nitrogens is 2. The minimum Gasteiger partial charge on any atom is -0.666 e. The monoisotopic (exact) mass is 394 g/mol. The van der Waals surface area contributed by atoms with Gasteiger partial charge in [0, 0.05) is 28.0 Å². The maximum atomic E-state index is 11.2. The van der Waals surface area contributed by atoms with E-state index in [4.69, 9.17) is 5.73 Å². The number of H-pyrrole nitrogens is 1. The van der Waals surface area contributed by atoms with Gasteiger partial charge in [0.1, 0.15) is 0 Å². The molecule has 0 aromatic carbocycles. The Morgan fingerprint density at radius 1 is 1.50 bits per heavy atom. The van der Waals surface area contributed by atoms with E-state index in [1.54, 1.807) is 0 Å². The summed E-state index contributed by atoms with van der Waals surface area (Å²) in [4.78, 5) is 28.3. The molecule has 88 valence electrons. The molecule has 1 rings (SSSR count). The first-order valence-electron chi connectivity index (χ1n) is 4.33. The van der Waals surface area contributed by atoms with Crippen molar-refractivity contribution >= 4 is 5.78 Å². The summed E-state index contributed by atoms with van der Waals surface area (Å²) in [6, 6.07) is 0. The number of nitrogens with one attached hydrogen (secondary N) is 2. The van der Waals surface area contributed by atoms with Gasteiger partial charge in [-0.3, -0.25) is 9.59 Å². The second kappa shape index (κ2) is 4.89. The van der Waals surface area contributed by atoms with Crippen molar-refractivity contribution in [3.05, 3.63) is 27.6 Å². The van der Waals surface area contributed by atoms with Crippen LogP contribution in [0.2, 0.25) is 0 Å². The quantitative estimate of drug-likeness (QED) is 0.729. The van der Waals surface area contributed by atoms with Crippen LogP contribution in [0.25, 0.3) is 5.73 Å². The van der Waals surface area contributed by atoms with Gasteiger partial charge in [-0.1, -0.05) is 19.4 Å². The SMILES string of the molecule is CC(=O)c1nc(C(C)(C)[NH-])[nH]c(=O)c1O.[W]. The number of aromatic hydroxyl groups is 1. The van der Waals surface area contributed by atoms with E-state index in [-0.39, 0.29) is 32.6 Å². The molecule has 0 amide bonds. The van der Waals surface area contributed by atoms with E-state index in [0.717, 1.165) is 0 Å². The Hall–Kier alpha value is -1.00. The predicted molar refractivity (Wildman–Crippen MR) is 53.9 cm³/mol. The van der Waals surface area contributed by atoms with Crippen LogP contribution in [0, 0.1) is 0 Å². The molecule has 0 bridgehead atoms. The van der Waals surface area contributed by atoms with Crippen LogP contribution in [0.3, 0.4) is 0 Å². The third-order valence-electron chi connectivity index (χ3n) is 1.82. The zero-order chi connectivity index (χ0) is 11.8. The molecule has 0 aliphatic carbocycles. The maximum Gasteiger partial charge on any atom is 0.293 e. The smallest absolute Gasteiger partial charge is 0.293 e. The molecule has 0 aliphatic heterocycles. The van der Waals surface area contributed by atoms with Crippen LogP contribution in [-0.4, -0.2) is 20.9 Å². The van der Waals surface area contributed by atoms with Crippen LogP contribution in [0.1, 0.15) is 37.1 Å². The number of ketones is 1. The summed E-state index contributed by atoms with van der Waals surface area (Å²) in [6.07, 6.45) is 0. The summed E-state index contributed by atoms with van der Waals surface area (Å²) < 4.78 is 0. The van der Waals surface area contributed by atoms with Gasteiger partial charge in [0.2, 0.25) is 5.75 Å². The van der Waals surface area contributed by atoms with Crippen molar-refractivity contribution in [3.8, 4) is 5.75 Å². The standard InChI is InChI=1S/C9H12N3O3.W/c1-4(13)5-6(14)7(15)12-8(11-5)9(2,3)10;/h10,14H,1-3H3,(H,11,12,15);/q-1;. The average molecular weight is 394 g/mol. The van der Waals surface area contributed by atoms with Crippen molar-refractivity contribution in [1.29, 1.82) is 0 Å². The van der Waals surface area contributed by atoms with Crippen LogP contribution in [0.4, 0.5) is 0 Å². The fraction of sp³-hybridized carbons (Fsp3) is 0.444. The molecular formula is C9H12N3O3W-. The number of rotatable bonds is 2. The third-order valence-corrected chi connectivity index (χ3v) is 1.82. The van der Waals surface area contributed by atoms with Gasteiger partial charge in [-0.25, -0.2) is 4.98 Å². The first-order chi connectivity index (χ1) is 6.73. The Bertz CT molecular complexity index is 462. The zero-order valence-corrected chi connectivity index (χ0v) is 12.1. The molecule has 1 aromatic heterocycles. The molecule has 1 aromatic rings. The summed E-state index contributed by atoms with van der Waals surface area (Å²) in [5, 5.41) is 9.27. The fourth-order valence-electron chi connectivity index (χ4n) is 1.01. The molecule has 0 aliphatic rings. The largest absolute Gasteiger partial charge is 0.666 e. The van der Waals surface area contributed by atoms with Crippen molar-refractivity contribution in [1.82, 2.24) is 9.97 Å². The Morgan fingerprint density at radius 2 is 2.00 bits per heavy atom. The van der Waals surface area contributed by atoms with Gasteiger partial charge < -0.3 is 15.8 Å². The number of carbonyl (C=O) groups excluding carboxylic acids is 1. The Kier molecular flexibility index (Phi) is 4.58. The van der Waals surface area contributed by atoms with Gasteiger partial charge in [-0.05, 0) is 0 Å². The van der Waals surface area contributed by atoms with Crippen LogP contribution in [-0.2, 0) is 26.6 Å². The van der Waals surface area contributed by atoms with E-state index in [1.165, 1.54) is 20.8 Å². The topological polar surface area (TPSA) is 107 Å². The van der Waals surface area contributed by atoms with Gasteiger partial charge in [-0.2, -0.15) is 0 Å². The zero-order valence-electron chi connectivity index (χ0n) is 9.12. The van der Waals surface area contributed by atoms with E-state index in [9.17, 15) is 14.7 Å². The minimum atomic E-state index is -1.13. The summed E-state index contributed by atoms with van der Waals surface area (Å²) in [5.41, 5.74) is 5.43. The minimum absolute atomic E-state index is 0. The van der Waals surface area contributed by atoms with Crippen LogP contribution in [0.5, 0.6) is 5.75 Å². The van der Waals surface area contributed by atoms with Gasteiger partial charge in [-0.15, -0.1) is 0 Å². The number of hydrogen-bond acceptors (Lipinski definition) is 4. The normalized spacial score (nSPS) is 10.8. The van der Waals surface area contributed by atoms with Gasteiger partial charge >= 0.3 is 0 Å². The van der Waals surface area contributed by atoms with Crippen molar-refractivity contribution in [2.24, 2.45) is 0 Å². The molecule has 16 heavy (non-hydrogen) atoms. The predicted octanol–water partition coefficient (Wildman–Crippen LogP) is 0.963. The molecule has 0 fully saturated rings. The Balaban J connectivity index is 0.00000225. The van der Waals surface area contributed by atoms with Crippen molar-refractivity contribution < 1.29 is 31.0 Å². The first kappa shape index (κ1) is 15.0. The molecule has 0 atom stereocenters. The molecule has 0 radical (unpaired) electrons. The summed E-state index contributed by atoms with van der Waals surface area (Å²) >= 11 is 0. The summed E-state index contributed by atoms with van der Waals surface area (Å²) in [5.74, 6) is -1.16. The summed E-state index contributed by atoms with van der Waals surface area (Å²) in [6.45, 7) is 4.24. The molecule has 0 saturated carbocycles. The Labute approximate surface area is 107 Å². The van der Waals surface area contributed by atoms with Crippen molar-refractivity contribution in [2.45, 2.75) is 26.3 Å². The molecular weight excluding hydrogens is 382 g/mol. The maximum absolute atomic E-state index is 11.2. The van der Waals surface area contributed by atoms with E-state index in [2.05, 4.69) is 9.97 Å². The van der Waals surface area contributed by atoms with E-state index in [1.807, 2.05) is 0 Å². The first-order valence-corrected chi connectivity index (χ1v) is 4.33. The molecule has 7 heteroatoms. The van der Waals surface area contributed by atoms with Crippen LogP contribution < -0.4 is 5.56 Å². The molecule has 3 N–H and O–H groups in total. The number of aromatic amines is 1. The van der Waals surface area contributed by atoms with Crippen LogP contribution >= 0.6 is 0 Å². The number of Topliss-reactive ketones (excluding diaryl/α,β-unsaturated/α-hetero) is 1. The van der Waals surface area contributed by atoms with Crippen LogP contribution in [0.15, 0.2) is 4.79 Å². The van der Waals surface area contributed by atoms with Gasteiger partial charge in [0.05, 0.1) is 5.82 Å². The Morgan fingerprint density at radius 3 is 2.38 bits per heavy atom. The van der Waals surface area contributed by atoms with Crippen molar-refractivity contribution in [2.75, 3.05) is 0 Å². The van der Waals surface area contributed by atoms with Gasteiger partial charge in [0.25, 0.3) is 5.56 Å². The average Bonchev–Trinajstić information content (AvgIpc) is 2.06. The fourth-order valence-corrected chi connectivity index (χ4v) is 1.01.